The van der Waals surface area contributed by atoms with Crippen molar-refractivity contribution in [3.8, 4) is 0 Å². The molecule has 0 rings (SSSR count). The Bertz CT molecular complexity index is 69.5. The molecule has 0 heterocycles. The molecule has 0 atom stereocenters. The van der Waals surface area contributed by atoms with Crippen LogP contribution in [0.4, 0.5) is 0 Å². The summed E-state index contributed by atoms with van der Waals surface area (Å²) in [5, 5.41) is 0. The predicted molar refractivity (Wildman–Crippen MR) is 36.3 cm³/mol. The first-order valence-corrected chi connectivity index (χ1v) is 5.72. The molecule has 44 valence electrons. The third-order valence-corrected chi connectivity index (χ3v) is 3.67. The maximum atomic E-state index is 3.63. The molecule has 0 saturated heterocycles. The van der Waals surface area contributed by atoms with Gasteiger partial charge in [-0.2, -0.15) is 0 Å². The molecule has 0 fully saturated rings. The summed E-state index contributed by atoms with van der Waals surface area (Å²) < 4.78 is 0. The molecule has 0 radical (unpaired) electrons. The van der Waals surface area contributed by atoms with Crippen LogP contribution in [0.15, 0.2) is 34.5 Å². The molecule has 0 aromatic rings. The number of rotatable bonds is 3. The van der Waals surface area contributed by atoms with E-state index < -0.39 is 14.3 Å². The maximum absolute atomic E-state index is 3.63. The number of hydrogen-bond donors (Lipinski definition) is 0. The Balaban J connectivity index is 0. The van der Waals surface area contributed by atoms with Gasteiger partial charge in [0.1, 0.15) is 0 Å². The van der Waals surface area contributed by atoms with Gasteiger partial charge in [-0.3, -0.25) is 0 Å². The first-order chi connectivity index (χ1) is 3.35. The standard InChI is InChI=1S/C6H9Ge.ClH/c1-4-7(5-2)6-3;/h4-6H,1-3H2;1H/q+1;/p-1. The van der Waals surface area contributed by atoms with Crippen LogP contribution < -0.4 is 12.4 Å². The van der Waals surface area contributed by atoms with Crippen LogP contribution in [-0.4, -0.2) is 14.3 Å². The van der Waals surface area contributed by atoms with Gasteiger partial charge in [0.15, 0.2) is 0 Å². The first-order valence-electron chi connectivity index (χ1n) is 2.09. The fourth-order valence-electron chi connectivity index (χ4n) is 0.250. The summed E-state index contributed by atoms with van der Waals surface area (Å²) in [6.45, 7) is 10.9. The minimum absolute atomic E-state index is 0. The van der Waals surface area contributed by atoms with Crippen molar-refractivity contribution in [2.45, 2.75) is 0 Å². The van der Waals surface area contributed by atoms with E-state index in [4.69, 9.17) is 0 Å². The third-order valence-electron chi connectivity index (χ3n) is 0.707. The van der Waals surface area contributed by atoms with Gasteiger partial charge in [0.2, 0.25) is 0 Å². The van der Waals surface area contributed by atoms with Gasteiger partial charge in [0, 0.05) is 0 Å². The van der Waals surface area contributed by atoms with E-state index in [0.29, 0.717) is 0 Å². The van der Waals surface area contributed by atoms with Gasteiger partial charge in [-0.15, -0.1) is 0 Å². The molecule has 0 nitrogen and oxygen atoms in total. The van der Waals surface area contributed by atoms with Crippen molar-refractivity contribution in [3.63, 3.8) is 0 Å². The van der Waals surface area contributed by atoms with E-state index in [1.807, 2.05) is 14.7 Å². The van der Waals surface area contributed by atoms with Crippen LogP contribution in [0.2, 0.25) is 0 Å². The van der Waals surface area contributed by atoms with Crippen LogP contribution in [0, 0.1) is 0 Å². The quantitative estimate of drug-likeness (QED) is 0.482. The van der Waals surface area contributed by atoms with Gasteiger partial charge in [-0.25, -0.2) is 0 Å². The van der Waals surface area contributed by atoms with Gasteiger partial charge in [0.05, 0.1) is 0 Å². The summed E-state index contributed by atoms with van der Waals surface area (Å²) in [5.41, 5.74) is 0. The molecule has 0 bridgehead atoms. The zero-order chi connectivity index (χ0) is 5.70. The largest absolute Gasteiger partial charge is 1.00 e. The van der Waals surface area contributed by atoms with Crippen LogP contribution >= 0.6 is 0 Å². The Morgan fingerprint density at radius 3 is 1.12 bits per heavy atom. The Hall–Kier alpha value is 0.0529. The van der Waals surface area contributed by atoms with Crippen LogP contribution in [0.25, 0.3) is 0 Å². The molecule has 0 aliphatic carbocycles. The Kier molecular flexibility index (Phi) is 9.64. The number of hydrogen-bond acceptors (Lipinski definition) is 0. The van der Waals surface area contributed by atoms with E-state index in [0.717, 1.165) is 0 Å². The monoisotopic (exact) mass is 190 g/mol. The fraction of sp³-hybridized carbons (Fsp3) is 0. The van der Waals surface area contributed by atoms with Crippen molar-refractivity contribution in [1.29, 1.82) is 0 Å². The minimum Gasteiger partial charge on any atom is -1.00 e. The topological polar surface area (TPSA) is 0 Å². The Morgan fingerprint density at radius 1 is 0.875 bits per heavy atom. The second kappa shape index (κ2) is 7.05. The van der Waals surface area contributed by atoms with Crippen molar-refractivity contribution in [3.05, 3.63) is 34.5 Å². The average Bonchev–Trinajstić information content (AvgIpc) is 1.72. The predicted octanol–water partition coefficient (Wildman–Crippen LogP) is -1.34. The van der Waals surface area contributed by atoms with Gasteiger partial charge < -0.3 is 12.4 Å². The van der Waals surface area contributed by atoms with E-state index in [9.17, 15) is 0 Å². The van der Waals surface area contributed by atoms with Crippen molar-refractivity contribution in [1.82, 2.24) is 0 Å². The Morgan fingerprint density at radius 2 is 1.12 bits per heavy atom. The molecule has 0 unspecified atom stereocenters. The summed E-state index contributed by atoms with van der Waals surface area (Å²) in [7, 11) is 0. The average molecular weight is 189 g/mol. The molecule has 0 amide bonds. The van der Waals surface area contributed by atoms with Crippen molar-refractivity contribution < 1.29 is 12.4 Å². The molecule has 8 heavy (non-hydrogen) atoms. The molecule has 0 aromatic heterocycles. The molecular formula is C6H9ClGe. The summed E-state index contributed by atoms with van der Waals surface area (Å²) in [6, 6.07) is 0. The van der Waals surface area contributed by atoms with Crippen LogP contribution in [0.3, 0.4) is 0 Å². The number of halogens is 1. The van der Waals surface area contributed by atoms with Crippen molar-refractivity contribution in [2.24, 2.45) is 0 Å². The summed E-state index contributed by atoms with van der Waals surface area (Å²) in [5.74, 6) is 0. The van der Waals surface area contributed by atoms with Gasteiger partial charge in [-0.1, -0.05) is 0 Å². The zero-order valence-corrected chi connectivity index (χ0v) is 7.59. The molecule has 0 N–H and O–H groups in total. The Labute approximate surface area is 61.5 Å². The summed E-state index contributed by atoms with van der Waals surface area (Å²) >= 11 is -1.11. The van der Waals surface area contributed by atoms with Gasteiger partial charge in [-0.05, 0) is 0 Å². The van der Waals surface area contributed by atoms with Crippen LogP contribution in [-0.2, 0) is 0 Å². The molecular weight excluding hydrogens is 180 g/mol. The SMILES string of the molecule is C=[CH][Ge+]([CH]=C)[CH]=C.[Cl-]. The molecule has 0 aromatic carbocycles. The molecule has 0 aliphatic heterocycles. The molecule has 0 aliphatic rings. The summed E-state index contributed by atoms with van der Waals surface area (Å²) in [6.07, 6.45) is 0. The first kappa shape index (κ1) is 10.9. The van der Waals surface area contributed by atoms with Crippen molar-refractivity contribution >= 4 is 14.3 Å². The van der Waals surface area contributed by atoms with E-state index in [2.05, 4.69) is 19.7 Å². The van der Waals surface area contributed by atoms with E-state index in [1.165, 1.54) is 0 Å². The van der Waals surface area contributed by atoms with Gasteiger partial charge in [0.25, 0.3) is 0 Å². The summed E-state index contributed by atoms with van der Waals surface area (Å²) in [4.78, 5) is 5.88. The second-order valence-corrected chi connectivity index (χ2v) is 5.78. The van der Waals surface area contributed by atoms with E-state index in [-0.39, 0.29) is 12.4 Å². The zero-order valence-electron chi connectivity index (χ0n) is 4.73. The molecule has 0 spiro atoms. The van der Waals surface area contributed by atoms with Gasteiger partial charge >= 0.3 is 48.8 Å². The molecule has 0 saturated carbocycles. The smallest absolute Gasteiger partial charge is 1.00 e. The van der Waals surface area contributed by atoms with E-state index in [1.54, 1.807) is 0 Å². The van der Waals surface area contributed by atoms with E-state index >= 15 is 0 Å². The molecule has 2 heteroatoms. The second-order valence-electron chi connectivity index (χ2n) is 1.11. The fourth-order valence-corrected chi connectivity index (χ4v) is 1.30. The minimum atomic E-state index is -1.11. The van der Waals surface area contributed by atoms with Crippen LogP contribution in [0.1, 0.15) is 0 Å². The van der Waals surface area contributed by atoms with Crippen molar-refractivity contribution in [2.75, 3.05) is 0 Å². The maximum Gasteiger partial charge on any atom is -1.00 e. The van der Waals surface area contributed by atoms with Crippen LogP contribution in [0.5, 0.6) is 0 Å². The third kappa shape index (κ3) is 4.22. The normalized spacial score (nSPS) is 6.00.